The van der Waals surface area contributed by atoms with E-state index in [-0.39, 0.29) is 11.7 Å². The van der Waals surface area contributed by atoms with Gasteiger partial charge in [0, 0.05) is 17.7 Å². The van der Waals surface area contributed by atoms with E-state index in [0.717, 1.165) is 0 Å². The van der Waals surface area contributed by atoms with E-state index in [2.05, 4.69) is 21.2 Å². The Morgan fingerprint density at radius 1 is 1.44 bits per heavy atom. The standard InChI is InChI=1S/C12H14BrFN2O2/c13-9-7-8(14)1-2-10(9)16-11(17)12(15)3-5-18-6-4-12/h1-2,7H,3-6,15H2,(H,16,17). The minimum Gasteiger partial charge on any atom is -0.381 e. The summed E-state index contributed by atoms with van der Waals surface area (Å²) in [4.78, 5) is 12.1. The van der Waals surface area contributed by atoms with E-state index in [9.17, 15) is 9.18 Å². The molecule has 0 saturated carbocycles. The van der Waals surface area contributed by atoms with Crippen LogP contribution in [0.15, 0.2) is 22.7 Å². The zero-order valence-corrected chi connectivity index (χ0v) is 11.3. The number of nitrogens with two attached hydrogens (primary N) is 1. The smallest absolute Gasteiger partial charge is 0.244 e. The number of anilines is 1. The van der Waals surface area contributed by atoms with Crippen LogP contribution in [0.4, 0.5) is 10.1 Å². The van der Waals surface area contributed by atoms with E-state index in [1.807, 2.05) is 0 Å². The highest BCUT2D eigenvalue weighted by atomic mass is 79.9. The average Bonchev–Trinajstić information content (AvgIpc) is 2.33. The van der Waals surface area contributed by atoms with E-state index < -0.39 is 5.54 Å². The molecule has 1 saturated heterocycles. The molecule has 0 spiro atoms. The Balaban J connectivity index is 2.11. The molecule has 1 aliphatic heterocycles. The van der Waals surface area contributed by atoms with Gasteiger partial charge in [0.2, 0.25) is 5.91 Å². The van der Waals surface area contributed by atoms with Gasteiger partial charge in [0.05, 0.1) is 5.69 Å². The summed E-state index contributed by atoms with van der Waals surface area (Å²) in [6.07, 6.45) is 0.968. The molecular weight excluding hydrogens is 303 g/mol. The number of ether oxygens (including phenoxy) is 1. The second-order valence-corrected chi connectivity index (χ2v) is 5.20. The summed E-state index contributed by atoms with van der Waals surface area (Å²) in [6.45, 7) is 0.961. The van der Waals surface area contributed by atoms with Crippen LogP contribution < -0.4 is 11.1 Å². The maximum absolute atomic E-state index is 12.9. The minimum absolute atomic E-state index is 0.266. The molecule has 1 aliphatic rings. The Morgan fingerprint density at radius 3 is 2.72 bits per heavy atom. The summed E-state index contributed by atoms with van der Waals surface area (Å²) < 4.78 is 18.6. The maximum Gasteiger partial charge on any atom is 0.244 e. The van der Waals surface area contributed by atoms with Gasteiger partial charge in [-0.15, -0.1) is 0 Å². The molecule has 98 valence electrons. The Kier molecular flexibility index (Phi) is 3.99. The highest BCUT2D eigenvalue weighted by Crippen LogP contribution is 2.25. The molecular formula is C12H14BrFN2O2. The second-order valence-electron chi connectivity index (χ2n) is 4.35. The monoisotopic (exact) mass is 316 g/mol. The summed E-state index contributed by atoms with van der Waals surface area (Å²) in [5, 5.41) is 2.71. The van der Waals surface area contributed by atoms with E-state index >= 15 is 0 Å². The van der Waals surface area contributed by atoms with Gasteiger partial charge < -0.3 is 15.8 Å². The van der Waals surface area contributed by atoms with Crippen LogP contribution >= 0.6 is 15.9 Å². The van der Waals surface area contributed by atoms with Crippen LogP contribution in [0.25, 0.3) is 0 Å². The quantitative estimate of drug-likeness (QED) is 0.877. The fraction of sp³-hybridized carbons (Fsp3) is 0.417. The van der Waals surface area contributed by atoms with Gasteiger partial charge in [-0.2, -0.15) is 0 Å². The Labute approximate surface area is 113 Å². The van der Waals surface area contributed by atoms with E-state index in [4.69, 9.17) is 10.5 Å². The number of rotatable bonds is 2. The summed E-state index contributed by atoms with van der Waals surface area (Å²) in [5.41, 5.74) is 5.65. The third kappa shape index (κ3) is 2.88. The topological polar surface area (TPSA) is 64.4 Å². The predicted molar refractivity (Wildman–Crippen MR) is 69.7 cm³/mol. The van der Waals surface area contributed by atoms with Crippen molar-refractivity contribution in [3.63, 3.8) is 0 Å². The molecule has 1 aromatic carbocycles. The Hall–Kier alpha value is -0.980. The van der Waals surface area contributed by atoms with Gasteiger partial charge in [0.15, 0.2) is 0 Å². The highest BCUT2D eigenvalue weighted by molar-refractivity contribution is 9.10. The van der Waals surface area contributed by atoms with Gasteiger partial charge in [-0.3, -0.25) is 4.79 Å². The number of amides is 1. The van der Waals surface area contributed by atoms with E-state index in [1.54, 1.807) is 0 Å². The first-order valence-corrected chi connectivity index (χ1v) is 6.44. The number of hydrogen-bond donors (Lipinski definition) is 2. The van der Waals surface area contributed by atoms with Crippen molar-refractivity contribution in [2.24, 2.45) is 5.73 Å². The number of benzene rings is 1. The van der Waals surface area contributed by atoms with Gasteiger partial charge in [0.25, 0.3) is 0 Å². The SMILES string of the molecule is NC1(C(=O)Nc2ccc(F)cc2Br)CCOCC1. The van der Waals surface area contributed by atoms with Gasteiger partial charge >= 0.3 is 0 Å². The first-order chi connectivity index (χ1) is 8.51. The third-order valence-corrected chi connectivity index (χ3v) is 3.67. The lowest BCUT2D eigenvalue weighted by Crippen LogP contribution is -2.54. The van der Waals surface area contributed by atoms with Crippen LogP contribution in [0.2, 0.25) is 0 Å². The molecule has 0 atom stereocenters. The normalized spacial score (nSPS) is 18.4. The Morgan fingerprint density at radius 2 is 2.11 bits per heavy atom. The third-order valence-electron chi connectivity index (χ3n) is 3.02. The molecule has 4 nitrogen and oxygen atoms in total. The zero-order valence-electron chi connectivity index (χ0n) is 9.71. The number of hydrogen-bond acceptors (Lipinski definition) is 3. The minimum atomic E-state index is -0.911. The lowest BCUT2D eigenvalue weighted by atomic mass is 9.90. The largest absolute Gasteiger partial charge is 0.381 e. The molecule has 1 fully saturated rings. The molecule has 1 amide bonds. The molecule has 1 heterocycles. The molecule has 2 rings (SSSR count). The number of carbonyl (C=O) groups excluding carboxylic acids is 1. The number of carbonyl (C=O) groups is 1. The molecule has 0 aliphatic carbocycles. The molecule has 0 unspecified atom stereocenters. The van der Waals surface area contributed by atoms with Crippen LogP contribution in [0, 0.1) is 5.82 Å². The number of halogens is 2. The van der Waals surface area contributed by atoms with Crippen molar-refractivity contribution in [3.8, 4) is 0 Å². The number of nitrogens with one attached hydrogen (secondary N) is 1. The van der Waals surface area contributed by atoms with E-state index in [1.165, 1.54) is 18.2 Å². The van der Waals surface area contributed by atoms with Gasteiger partial charge in [-0.25, -0.2) is 4.39 Å². The van der Waals surface area contributed by atoms with Gasteiger partial charge in [-0.1, -0.05) is 0 Å². The zero-order chi connectivity index (χ0) is 13.2. The van der Waals surface area contributed by atoms with Crippen LogP contribution in [0.3, 0.4) is 0 Å². The first kappa shape index (κ1) is 13.5. The maximum atomic E-state index is 12.9. The molecule has 0 aromatic heterocycles. The predicted octanol–water partition coefficient (Wildman–Crippen LogP) is 2.03. The summed E-state index contributed by atoms with van der Waals surface area (Å²) >= 11 is 3.20. The van der Waals surface area contributed by atoms with Crippen molar-refractivity contribution < 1.29 is 13.9 Å². The summed E-state index contributed by atoms with van der Waals surface area (Å²) in [5.74, 6) is -0.633. The molecule has 3 N–H and O–H groups in total. The highest BCUT2D eigenvalue weighted by Gasteiger charge is 2.36. The fourth-order valence-corrected chi connectivity index (χ4v) is 2.25. The van der Waals surface area contributed by atoms with Crippen molar-refractivity contribution in [1.82, 2.24) is 0 Å². The van der Waals surface area contributed by atoms with Crippen LogP contribution in [0.1, 0.15) is 12.8 Å². The summed E-state index contributed by atoms with van der Waals surface area (Å²) in [7, 11) is 0. The molecule has 0 radical (unpaired) electrons. The van der Waals surface area contributed by atoms with Crippen LogP contribution in [-0.2, 0) is 9.53 Å². The molecule has 0 bridgehead atoms. The first-order valence-electron chi connectivity index (χ1n) is 5.64. The van der Waals surface area contributed by atoms with Crippen molar-refractivity contribution >= 4 is 27.5 Å². The second kappa shape index (κ2) is 5.34. The molecule has 1 aromatic rings. The van der Waals surface area contributed by atoms with Gasteiger partial charge in [-0.05, 0) is 47.0 Å². The van der Waals surface area contributed by atoms with Crippen LogP contribution in [0.5, 0.6) is 0 Å². The molecule has 6 heteroatoms. The van der Waals surface area contributed by atoms with E-state index in [0.29, 0.717) is 36.2 Å². The summed E-state index contributed by atoms with van der Waals surface area (Å²) in [6, 6.07) is 4.08. The van der Waals surface area contributed by atoms with Crippen molar-refractivity contribution in [2.75, 3.05) is 18.5 Å². The van der Waals surface area contributed by atoms with Gasteiger partial charge in [0.1, 0.15) is 11.4 Å². The van der Waals surface area contributed by atoms with Crippen molar-refractivity contribution in [1.29, 1.82) is 0 Å². The lowest BCUT2D eigenvalue weighted by Gasteiger charge is -2.31. The average molecular weight is 317 g/mol. The Bertz CT molecular complexity index is 461. The van der Waals surface area contributed by atoms with Crippen LogP contribution in [-0.4, -0.2) is 24.7 Å². The molecule has 18 heavy (non-hydrogen) atoms. The fourth-order valence-electron chi connectivity index (χ4n) is 1.80. The lowest BCUT2D eigenvalue weighted by molar-refractivity contribution is -0.124. The van der Waals surface area contributed by atoms with Crippen molar-refractivity contribution in [2.45, 2.75) is 18.4 Å². The van der Waals surface area contributed by atoms with Crippen molar-refractivity contribution in [3.05, 3.63) is 28.5 Å².